The third-order valence-corrected chi connectivity index (χ3v) is 4.25. The molecule has 23 heavy (non-hydrogen) atoms. The Morgan fingerprint density at radius 3 is 2.43 bits per heavy atom. The van der Waals surface area contributed by atoms with Crippen molar-refractivity contribution in [3.05, 3.63) is 60.2 Å². The van der Waals surface area contributed by atoms with Crippen LogP contribution in [-0.4, -0.2) is 44.1 Å². The molecule has 1 saturated heterocycles. The van der Waals surface area contributed by atoms with Crippen molar-refractivity contribution in [1.82, 2.24) is 4.90 Å². The summed E-state index contributed by atoms with van der Waals surface area (Å²) in [6.45, 7) is 3.24. The number of amides is 1. The van der Waals surface area contributed by atoms with Crippen LogP contribution in [0.3, 0.4) is 0 Å². The molecule has 3 rings (SSSR count). The highest BCUT2D eigenvalue weighted by Gasteiger charge is 2.21. The van der Waals surface area contributed by atoms with Gasteiger partial charge in [0.2, 0.25) is 5.91 Å². The number of carbonyl (C=O) groups excluding carboxylic acids is 1. The van der Waals surface area contributed by atoms with Crippen molar-refractivity contribution in [2.75, 3.05) is 38.2 Å². The van der Waals surface area contributed by atoms with Gasteiger partial charge < -0.3 is 14.5 Å². The van der Waals surface area contributed by atoms with Crippen LogP contribution in [0.25, 0.3) is 0 Å². The molecule has 0 spiro atoms. The van der Waals surface area contributed by atoms with Gasteiger partial charge in [-0.1, -0.05) is 36.4 Å². The Balaban J connectivity index is 1.56. The molecule has 0 bridgehead atoms. The smallest absolute Gasteiger partial charge is 0.227 e. The summed E-state index contributed by atoms with van der Waals surface area (Å²) in [5.74, 6) is 1.08. The van der Waals surface area contributed by atoms with Crippen molar-refractivity contribution in [2.45, 2.75) is 6.42 Å². The number of piperazine rings is 1. The molecule has 1 amide bonds. The molecule has 0 unspecified atom stereocenters. The molecule has 1 heterocycles. The molecule has 1 aliphatic rings. The van der Waals surface area contributed by atoms with Gasteiger partial charge in [0.25, 0.3) is 0 Å². The van der Waals surface area contributed by atoms with Gasteiger partial charge in [-0.05, 0) is 17.7 Å². The van der Waals surface area contributed by atoms with E-state index >= 15 is 0 Å². The van der Waals surface area contributed by atoms with Crippen molar-refractivity contribution in [3.63, 3.8) is 0 Å². The first-order valence-corrected chi connectivity index (χ1v) is 7.97. The van der Waals surface area contributed by atoms with Crippen molar-refractivity contribution in [1.29, 1.82) is 0 Å². The first kappa shape index (κ1) is 15.4. The second kappa shape index (κ2) is 7.18. The third kappa shape index (κ3) is 3.83. The molecular weight excluding hydrogens is 288 g/mol. The number of ether oxygens (including phenoxy) is 1. The summed E-state index contributed by atoms with van der Waals surface area (Å²) in [5.41, 5.74) is 2.23. The van der Waals surface area contributed by atoms with Gasteiger partial charge in [-0.3, -0.25) is 4.79 Å². The Bertz CT molecular complexity index is 649. The van der Waals surface area contributed by atoms with Gasteiger partial charge in [-0.15, -0.1) is 0 Å². The summed E-state index contributed by atoms with van der Waals surface area (Å²) in [7, 11) is 1.68. The second-order valence-electron chi connectivity index (χ2n) is 5.73. The van der Waals surface area contributed by atoms with Crippen LogP contribution in [0.1, 0.15) is 5.56 Å². The van der Waals surface area contributed by atoms with Gasteiger partial charge in [0.1, 0.15) is 5.75 Å². The van der Waals surface area contributed by atoms with Crippen molar-refractivity contribution >= 4 is 11.6 Å². The minimum atomic E-state index is 0.210. The monoisotopic (exact) mass is 310 g/mol. The summed E-state index contributed by atoms with van der Waals surface area (Å²) in [6, 6.07) is 18.0. The van der Waals surface area contributed by atoms with Crippen LogP contribution in [0, 0.1) is 0 Å². The second-order valence-corrected chi connectivity index (χ2v) is 5.73. The number of methoxy groups -OCH3 is 1. The molecule has 1 aliphatic heterocycles. The van der Waals surface area contributed by atoms with Crippen molar-refractivity contribution < 1.29 is 9.53 Å². The predicted octanol–water partition coefficient (Wildman–Crippen LogP) is 2.59. The first-order valence-electron chi connectivity index (χ1n) is 7.97. The molecule has 0 saturated carbocycles. The van der Waals surface area contributed by atoms with E-state index in [2.05, 4.69) is 11.0 Å². The maximum atomic E-state index is 12.4. The van der Waals surface area contributed by atoms with E-state index in [1.165, 1.54) is 0 Å². The maximum absolute atomic E-state index is 12.4. The van der Waals surface area contributed by atoms with Gasteiger partial charge in [0.15, 0.2) is 0 Å². The maximum Gasteiger partial charge on any atom is 0.227 e. The number of hydrogen-bond donors (Lipinski definition) is 0. The Morgan fingerprint density at radius 2 is 1.74 bits per heavy atom. The average Bonchev–Trinajstić information content (AvgIpc) is 2.63. The topological polar surface area (TPSA) is 32.8 Å². The summed E-state index contributed by atoms with van der Waals surface area (Å²) < 4.78 is 5.28. The van der Waals surface area contributed by atoms with Gasteiger partial charge in [-0.25, -0.2) is 0 Å². The van der Waals surface area contributed by atoms with E-state index in [1.807, 2.05) is 53.4 Å². The summed E-state index contributed by atoms with van der Waals surface area (Å²) >= 11 is 0. The number of hydrogen-bond acceptors (Lipinski definition) is 3. The quantitative estimate of drug-likeness (QED) is 0.870. The van der Waals surface area contributed by atoms with Gasteiger partial charge in [-0.2, -0.15) is 0 Å². The van der Waals surface area contributed by atoms with E-state index in [0.717, 1.165) is 43.2 Å². The van der Waals surface area contributed by atoms with E-state index in [4.69, 9.17) is 4.74 Å². The minimum absolute atomic E-state index is 0.210. The molecule has 0 N–H and O–H groups in total. The highest BCUT2D eigenvalue weighted by Crippen LogP contribution is 2.22. The van der Waals surface area contributed by atoms with Crippen LogP contribution in [0.2, 0.25) is 0 Å². The number of rotatable bonds is 4. The van der Waals surface area contributed by atoms with E-state index in [0.29, 0.717) is 6.42 Å². The van der Waals surface area contributed by atoms with Gasteiger partial charge in [0, 0.05) is 37.9 Å². The SMILES string of the molecule is COc1cccc(N2CCN(C(=O)Cc3ccccc3)CC2)c1. The van der Waals surface area contributed by atoms with Crippen LogP contribution in [0.5, 0.6) is 5.75 Å². The highest BCUT2D eigenvalue weighted by molar-refractivity contribution is 5.79. The summed E-state index contributed by atoms with van der Waals surface area (Å²) in [5, 5.41) is 0. The molecule has 0 atom stereocenters. The Labute approximate surface area is 137 Å². The summed E-state index contributed by atoms with van der Waals surface area (Å²) in [6.07, 6.45) is 0.486. The molecular formula is C19H22N2O2. The predicted molar refractivity (Wildman–Crippen MR) is 91.9 cm³/mol. The normalized spacial score (nSPS) is 14.7. The standard InChI is InChI=1S/C19H22N2O2/c1-23-18-9-5-8-17(15-18)20-10-12-21(13-11-20)19(22)14-16-6-3-2-4-7-16/h2-9,15H,10-14H2,1H3. The zero-order valence-corrected chi connectivity index (χ0v) is 13.4. The van der Waals surface area contributed by atoms with E-state index in [9.17, 15) is 4.79 Å². The lowest BCUT2D eigenvalue weighted by Gasteiger charge is -2.36. The fraction of sp³-hybridized carbons (Fsp3) is 0.316. The van der Waals surface area contributed by atoms with Crippen LogP contribution >= 0.6 is 0 Å². The molecule has 0 aliphatic carbocycles. The molecule has 4 nitrogen and oxygen atoms in total. The fourth-order valence-electron chi connectivity index (χ4n) is 2.90. The van der Waals surface area contributed by atoms with Gasteiger partial charge in [0.05, 0.1) is 13.5 Å². The Kier molecular flexibility index (Phi) is 4.81. The highest BCUT2D eigenvalue weighted by atomic mass is 16.5. The number of anilines is 1. The molecule has 120 valence electrons. The van der Waals surface area contributed by atoms with E-state index in [1.54, 1.807) is 7.11 Å². The van der Waals surface area contributed by atoms with Crippen LogP contribution in [0.4, 0.5) is 5.69 Å². The van der Waals surface area contributed by atoms with Crippen LogP contribution in [0.15, 0.2) is 54.6 Å². The third-order valence-electron chi connectivity index (χ3n) is 4.25. The van der Waals surface area contributed by atoms with Crippen LogP contribution < -0.4 is 9.64 Å². The lowest BCUT2D eigenvalue weighted by molar-refractivity contribution is -0.130. The van der Waals surface area contributed by atoms with Crippen molar-refractivity contribution in [2.24, 2.45) is 0 Å². The average molecular weight is 310 g/mol. The van der Waals surface area contributed by atoms with E-state index in [-0.39, 0.29) is 5.91 Å². The van der Waals surface area contributed by atoms with Gasteiger partial charge >= 0.3 is 0 Å². The lowest BCUT2D eigenvalue weighted by atomic mass is 10.1. The van der Waals surface area contributed by atoms with Crippen molar-refractivity contribution in [3.8, 4) is 5.75 Å². The number of benzene rings is 2. The zero-order chi connectivity index (χ0) is 16.1. The lowest BCUT2D eigenvalue weighted by Crippen LogP contribution is -2.49. The zero-order valence-electron chi connectivity index (χ0n) is 13.4. The Hall–Kier alpha value is -2.49. The Morgan fingerprint density at radius 1 is 1.00 bits per heavy atom. The number of nitrogens with zero attached hydrogens (tertiary/aromatic N) is 2. The molecule has 1 fully saturated rings. The molecule has 0 aromatic heterocycles. The first-order chi connectivity index (χ1) is 11.3. The molecule has 2 aromatic rings. The summed E-state index contributed by atoms with van der Waals surface area (Å²) in [4.78, 5) is 16.7. The number of carbonyl (C=O) groups is 1. The van der Waals surface area contributed by atoms with Crippen LogP contribution in [-0.2, 0) is 11.2 Å². The molecule has 0 radical (unpaired) electrons. The minimum Gasteiger partial charge on any atom is -0.497 e. The molecule has 2 aromatic carbocycles. The largest absolute Gasteiger partial charge is 0.497 e. The van der Waals surface area contributed by atoms with E-state index < -0.39 is 0 Å². The molecule has 4 heteroatoms. The fourth-order valence-corrected chi connectivity index (χ4v) is 2.90.